The normalized spacial score (nSPS) is 13.2. The van der Waals surface area contributed by atoms with Gasteiger partial charge in [0.15, 0.2) is 5.82 Å². The van der Waals surface area contributed by atoms with Crippen LogP contribution in [0.4, 0.5) is 0 Å². The zero-order valence-electron chi connectivity index (χ0n) is 29.5. The number of aromatic nitrogens is 4. The van der Waals surface area contributed by atoms with Crippen LogP contribution < -0.4 is 0 Å². The predicted molar refractivity (Wildman–Crippen MR) is 219 cm³/mol. The Labute approximate surface area is 307 Å². The molecule has 0 fully saturated rings. The third kappa shape index (κ3) is 4.18. The minimum atomic E-state index is -0.245. The molecule has 0 spiro atoms. The highest BCUT2D eigenvalue weighted by atomic mass is 15.0. The lowest BCUT2D eigenvalue weighted by Crippen LogP contribution is -2.17. The number of hydrogen-bond acceptors (Lipinski definition) is 2. The van der Waals surface area contributed by atoms with Gasteiger partial charge in [0.1, 0.15) is 0 Å². The van der Waals surface area contributed by atoms with Crippen LogP contribution in [0.25, 0.3) is 88.9 Å². The Kier molecular flexibility index (Phi) is 6.27. The molecule has 250 valence electrons. The van der Waals surface area contributed by atoms with Gasteiger partial charge < -0.3 is 9.13 Å². The lowest BCUT2D eigenvalue weighted by molar-refractivity contribution is 0.658. The van der Waals surface area contributed by atoms with Crippen LogP contribution in [0, 0.1) is 0 Å². The first-order chi connectivity index (χ1) is 26.1. The number of hydrogen-bond donors (Lipinski definition) is 0. The average molecular weight is 679 g/mol. The van der Waals surface area contributed by atoms with E-state index in [9.17, 15) is 0 Å². The van der Waals surface area contributed by atoms with Crippen molar-refractivity contribution in [2.75, 3.05) is 0 Å². The molecule has 0 unspecified atom stereocenters. The maximum absolute atomic E-state index is 5.50. The monoisotopic (exact) mass is 678 g/mol. The van der Waals surface area contributed by atoms with E-state index in [0.29, 0.717) is 0 Å². The van der Waals surface area contributed by atoms with Gasteiger partial charge in [0.05, 0.1) is 39.1 Å². The summed E-state index contributed by atoms with van der Waals surface area (Å²) in [5.41, 5.74) is 14.4. The molecule has 0 bridgehead atoms. The van der Waals surface area contributed by atoms with Crippen LogP contribution in [0.5, 0.6) is 0 Å². The quantitative estimate of drug-likeness (QED) is 0.186. The molecule has 3 aromatic heterocycles. The van der Waals surface area contributed by atoms with Gasteiger partial charge in [-0.2, -0.15) is 0 Å². The summed E-state index contributed by atoms with van der Waals surface area (Å²) in [5, 5.41) is 4.92. The summed E-state index contributed by atoms with van der Waals surface area (Å²) >= 11 is 0. The predicted octanol–water partition coefficient (Wildman–Crippen LogP) is 12.3. The molecule has 7 aromatic carbocycles. The van der Waals surface area contributed by atoms with E-state index >= 15 is 0 Å². The molecular formula is C49H34N4. The number of rotatable bonds is 4. The topological polar surface area (TPSA) is 35.6 Å². The highest BCUT2D eigenvalue weighted by molar-refractivity contribution is 6.26. The Bertz CT molecular complexity index is 3080. The fourth-order valence-electron chi connectivity index (χ4n) is 9.01. The van der Waals surface area contributed by atoms with Crippen LogP contribution >= 0.6 is 0 Å². The summed E-state index contributed by atoms with van der Waals surface area (Å²) in [7, 11) is 0. The minimum absolute atomic E-state index is 0.245. The van der Waals surface area contributed by atoms with Crippen molar-refractivity contribution < 1.29 is 0 Å². The van der Waals surface area contributed by atoms with Crippen LogP contribution in [0.15, 0.2) is 170 Å². The van der Waals surface area contributed by atoms with Crippen molar-refractivity contribution in [1.29, 1.82) is 0 Å². The molecule has 4 nitrogen and oxygen atoms in total. The summed E-state index contributed by atoms with van der Waals surface area (Å²) in [6.07, 6.45) is 0. The second kappa shape index (κ2) is 11.1. The summed E-state index contributed by atoms with van der Waals surface area (Å²) in [6.45, 7) is 4.60. The Hall–Kier alpha value is -6.78. The molecule has 0 radical (unpaired) electrons. The van der Waals surface area contributed by atoms with Gasteiger partial charge in [-0.15, -0.1) is 0 Å². The van der Waals surface area contributed by atoms with Gasteiger partial charge in [0, 0.05) is 54.9 Å². The van der Waals surface area contributed by atoms with Crippen LogP contribution in [0.3, 0.4) is 0 Å². The van der Waals surface area contributed by atoms with E-state index < -0.39 is 0 Å². The molecule has 4 heteroatoms. The molecule has 0 saturated heterocycles. The van der Waals surface area contributed by atoms with E-state index in [1.54, 1.807) is 0 Å². The maximum atomic E-state index is 5.50. The fourth-order valence-corrected chi connectivity index (χ4v) is 9.01. The van der Waals surface area contributed by atoms with E-state index in [-0.39, 0.29) is 5.41 Å². The van der Waals surface area contributed by atoms with Gasteiger partial charge in [0.2, 0.25) is 0 Å². The first kappa shape index (κ1) is 29.9. The van der Waals surface area contributed by atoms with Crippen molar-refractivity contribution >= 4 is 43.6 Å². The van der Waals surface area contributed by atoms with E-state index in [4.69, 9.17) is 9.97 Å². The highest BCUT2D eigenvalue weighted by Gasteiger charge is 2.40. The zero-order valence-corrected chi connectivity index (χ0v) is 29.5. The molecule has 3 heterocycles. The average Bonchev–Trinajstić information content (AvgIpc) is 3.81. The molecule has 1 aliphatic rings. The Morgan fingerprint density at radius 1 is 0.453 bits per heavy atom. The molecule has 53 heavy (non-hydrogen) atoms. The lowest BCUT2D eigenvalue weighted by atomic mass is 9.81. The third-order valence-corrected chi connectivity index (χ3v) is 11.3. The second-order valence-corrected chi connectivity index (χ2v) is 14.6. The Morgan fingerprint density at radius 2 is 1.06 bits per heavy atom. The van der Waals surface area contributed by atoms with Gasteiger partial charge in [-0.25, -0.2) is 9.97 Å². The van der Waals surface area contributed by atoms with Crippen LogP contribution in [0.1, 0.15) is 25.0 Å². The lowest BCUT2D eigenvalue weighted by Gasteiger charge is -2.24. The maximum Gasteiger partial charge on any atom is 0.162 e. The largest absolute Gasteiger partial charge is 0.309 e. The van der Waals surface area contributed by atoms with Crippen molar-refractivity contribution in [2.45, 2.75) is 19.3 Å². The first-order valence-corrected chi connectivity index (χ1v) is 18.3. The molecule has 0 amide bonds. The number of fused-ring (bicyclic) bond motifs is 10. The van der Waals surface area contributed by atoms with Gasteiger partial charge in [0.25, 0.3) is 0 Å². The van der Waals surface area contributed by atoms with Gasteiger partial charge >= 0.3 is 0 Å². The van der Waals surface area contributed by atoms with Crippen molar-refractivity contribution in [2.24, 2.45) is 0 Å². The van der Waals surface area contributed by atoms with Crippen molar-refractivity contribution in [3.63, 3.8) is 0 Å². The summed E-state index contributed by atoms with van der Waals surface area (Å²) in [4.78, 5) is 11.0. The minimum Gasteiger partial charge on any atom is -0.309 e. The standard InChI is InChI=1S/C49H34N4/c1-49(2)38-25-13-9-22-35(38)46-44(49)45(31-17-5-3-6-18-31)50-48(51-46)37-24-12-16-28-41(37)53-40-27-15-11-23-36(40)43-42(53)30-29-34-33-21-10-14-26-39(33)52(47(34)43)32-19-7-4-8-20-32/h3-30H,1-2H3. The van der Waals surface area contributed by atoms with Gasteiger partial charge in [-0.05, 0) is 48.0 Å². The molecule has 0 saturated carbocycles. The van der Waals surface area contributed by atoms with Crippen molar-refractivity contribution in [1.82, 2.24) is 19.1 Å². The van der Waals surface area contributed by atoms with Crippen LogP contribution in [-0.4, -0.2) is 19.1 Å². The smallest absolute Gasteiger partial charge is 0.162 e. The number of nitrogens with zero attached hydrogens (tertiary/aromatic N) is 4. The molecule has 10 aromatic rings. The molecule has 0 N–H and O–H groups in total. The summed E-state index contributed by atoms with van der Waals surface area (Å²) in [5.74, 6) is 0.719. The SMILES string of the molecule is CC1(C)c2ccccc2-c2nc(-c3ccccc3-n3c4ccccc4c4c3ccc3c5ccccc5n(-c5ccccc5)c34)nc(-c3ccccc3)c21. The molecule has 1 aliphatic carbocycles. The van der Waals surface area contributed by atoms with E-state index in [0.717, 1.165) is 50.7 Å². The first-order valence-electron chi connectivity index (χ1n) is 18.3. The fraction of sp³-hybridized carbons (Fsp3) is 0.0612. The molecular weight excluding hydrogens is 645 g/mol. The molecule has 11 rings (SSSR count). The van der Waals surface area contributed by atoms with Crippen molar-refractivity contribution in [3.8, 4) is 45.3 Å². The molecule has 0 aliphatic heterocycles. The van der Waals surface area contributed by atoms with Gasteiger partial charge in [-0.1, -0.05) is 141 Å². The number of para-hydroxylation sites is 4. The van der Waals surface area contributed by atoms with E-state index in [2.05, 4.69) is 193 Å². The van der Waals surface area contributed by atoms with Crippen LogP contribution in [0.2, 0.25) is 0 Å². The Morgan fingerprint density at radius 3 is 1.85 bits per heavy atom. The van der Waals surface area contributed by atoms with E-state index in [1.807, 2.05) is 0 Å². The van der Waals surface area contributed by atoms with Crippen LogP contribution in [-0.2, 0) is 5.41 Å². The second-order valence-electron chi connectivity index (χ2n) is 14.6. The zero-order chi connectivity index (χ0) is 35.3. The third-order valence-electron chi connectivity index (χ3n) is 11.3. The number of benzene rings is 7. The van der Waals surface area contributed by atoms with Crippen molar-refractivity contribution in [3.05, 3.63) is 181 Å². The van der Waals surface area contributed by atoms with E-state index in [1.165, 1.54) is 49.3 Å². The highest BCUT2D eigenvalue weighted by Crippen LogP contribution is 2.52. The molecule has 0 atom stereocenters. The Balaban J connectivity index is 1.24. The summed E-state index contributed by atoms with van der Waals surface area (Å²) < 4.78 is 4.85. The summed E-state index contributed by atoms with van der Waals surface area (Å²) in [6, 6.07) is 60.8. The van der Waals surface area contributed by atoms with Gasteiger partial charge in [-0.3, -0.25) is 0 Å².